The molecular formula is C36H47F3N6O6S. The van der Waals surface area contributed by atoms with E-state index in [2.05, 4.69) is 10.2 Å². The van der Waals surface area contributed by atoms with Gasteiger partial charge in [0.25, 0.3) is 5.91 Å². The summed E-state index contributed by atoms with van der Waals surface area (Å²) < 4.78 is 72.4. The van der Waals surface area contributed by atoms with Gasteiger partial charge >= 0.3 is 18.3 Å². The summed E-state index contributed by atoms with van der Waals surface area (Å²) >= 11 is 0. The van der Waals surface area contributed by atoms with E-state index in [9.17, 15) is 36.0 Å². The summed E-state index contributed by atoms with van der Waals surface area (Å²) in [4.78, 5) is 47.8. The Labute approximate surface area is 302 Å². The number of anilines is 1. The van der Waals surface area contributed by atoms with Crippen molar-refractivity contribution in [3.05, 3.63) is 64.7 Å². The standard InChI is InChI=1S/C36H47F3N6O6S/c1-25-21-26(23-28(22-25)36(37,38)39)24-32(33(46)42-19-17-41(18-20-42)29-10-14-44(15-11-29)52(2,49)50)51-35(48)43-12-8-30(9-13-43)45-16-7-27-5-3-4-6-31(27)40-34(45)47/h3-6,21-23,29-30,32H,7-20,24H2,1-2H3,(H,40,47)/t32-/m1/s1. The molecule has 2 aromatic carbocycles. The number of aryl methyl sites for hydroxylation is 1. The second kappa shape index (κ2) is 15.6. The zero-order valence-electron chi connectivity index (χ0n) is 29.6. The van der Waals surface area contributed by atoms with Crippen molar-refractivity contribution < 1.29 is 40.7 Å². The van der Waals surface area contributed by atoms with E-state index in [1.807, 2.05) is 24.3 Å². The normalized spacial score (nSPS) is 20.9. The third-order valence-electron chi connectivity index (χ3n) is 10.7. The number of amides is 4. The number of fused-ring (bicyclic) bond motifs is 1. The number of halogens is 3. The molecule has 3 fully saturated rings. The molecule has 4 aliphatic heterocycles. The minimum atomic E-state index is -4.58. The molecule has 2 aromatic rings. The van der Waals surface area contributed by atoms with E-state index in [0.717, 1.165) is 23.4 Å². The van der Waals surface area contributed by atoms with Crippen LogP contribution in [0.2, 0.25) is 0 Å². The maximum absolute atomic E-state index is 14.0. The van der Waals surface area contributed by atoms with Crippen molar-refractivity contribution in [2.24, 2.45) is 0 Å². The van der Waals surface area contributed by atoms with E-state index in [4.69, 9.17) is 4.74 Å². The van der Waals surface area contributed by atoms with Crippen LogP contribution in [0.15, 0.2) is 42.5 Å². The largest absolute Gasteiger partial charge is 0.436 e. The minimum absolute atomic E-state index is 0.0983. The number of nitrogens with zero attached hydrogens (tertiary/aromatic N) is 5. The highest BCUT2D eigenvalue weighted by atomic mass is 32.2. The molecule has 3 saturated heterocycles. The Morgan fingerprint density at radius 1 is 0.885 bits per heavy atom. The Bertz CT molecular complexity index is 1740. The van der Waals surface area contributed by atoms with Crippen molar-refractivity contribution >= 4 is 33.7 Å². The summed E-state index contributed by atoms with van der Waals surface area (Å²) in [5, 5.41) is 2.98. The van der Waals surface area contributed by atoms with Crippen LogP contribution in [0.4, 0.5) is 28.4 Å². The van der Waals surface area contributed by atoms with Crippen LogP contribution in [-0.4, -0.2) is 134 Å². The van der Waals surface area contributed by atoms with Crippen LogP contribution in [0.5, 0.6) is 0 Å². The van der Waals surface area contributed by atoms with E-state index >= 15 is 0 Å². The number of alkyl halides is 3. The summed E-state index contributed by atoms with van der Waals surface area (Å²) in [6.45, 7) is 5.32. The van der Waals surface area contributed by atoms with Gasteiger partial charge in [0.05, 0.1) is 11.8 Å². The molecule has 0 bridgehead atoms. The number of rotatable bonds is 7. The molecule has 4 heterocycles. The predicted molar refractivity (Wildman–Crippen MR) is 188 cm³/mol. The number of carbonyl (C=O) groups is 3. The Morgan fingerprint density at radius 2 is 1.54 bits per heavy atom. The molecule has 12 nitrogen and oxygen atoms in total. The molecule has 6 rings (SSSR count). The lowest BCUT2D eigenvalue weighted by Gasteiger charge is -2.43. The first-order chi connectivity index (χ1) is 24.7. The summed E-state index contributed by atoms with van der Waals surface area (Å²) in [6, 6.07) is 11.2. The average molecular weight is 749 g/mol. The highest BCUT2D eigenvalue weighted by Crippen LogP contribution is 2.32. The number of nitrogens with one attached hydrogen (secondary N) is 1. The molecule has 52 heavy (non-hydrogen) atoms. The molecule has 0 aliphatic carbocycles. The first kappa shape index (κ1) is 37.9. The molecule has 284 valence electrons. The number of urea groups is 1. The van der Waals surface area contributed by atoms with Crippen molar-refractivity contribution in [1.29, 1.82) is 0 Å². The molecule has 1 N–H and O–H groups in total. The van der Waals surface area contributed by atoms with Gasteiger partial charge in [-0.15, -0.1) is 0 Å². The van der Waals surface area contributed by atoms with Crippen molar-refractivity contribution in [3.8, 4) is 0 Å². The van der Waals surface area contributed by atoms with Gasteiger partial charge in [-0.3, -0.25) is 9.69 Å². The van der Waals surface area contributed by atoms with Crippen molar-refractivity contribution in [3.63, 3.8) is 0 Å². The van der Waals surface area contributed by atoms with E-state index in [0.29, 0.717) is 96.6 Å². The zero-order valence-corrected chi connectivity index (χ0v) is 30.4. The number of piperidine rings is 2. The fourth-order valence-electron chi connectivity index (χ4n) is 7.88. The Balaban J connectivity index is 1.09. The summed E-state index contributed by atoms with van der Waals surface area (Å²) in [5.74, 6) is -0.467. The number of hydrogen-bond acceptors (Lipinski definition) is 7. The van der Waals surface area contributed by atoms with Crippen LogP contribution >= 0.6 is 0 Å². The maximum atomic E-state index is 14.0. The van der Waals surface area contributed by atoms with Gasteiger partial charge in [-0.25, -0.2) is 22.3 Å². The third kappa shape index (κ3) is 9.00. The Morgan fingerprint density at radius 3 is 2.19 bits per heavy atom. The average Bonchev–Trinajstić information content (AvgIpc) is 3.28. The molecule has 1 atom stereocenters. The van der Waals surface area contributed by atoms with Crippen molar-refractivity contribution in [1.82, 2.24) is 23.9 Å². The summed E-state index contributed by atoms with van der Waals surface area (Å²) in [6.07, 6.45) is -2.56. The summed E-state index contributed by atoms with van der Waals surface area (Å²) in [7, 11) is -3.25. The number of benzene rings is 2. The van der Waals surface area contributed by atoms with Gasteiger partial charge in [-0.05, 0) is 68.4 Å². The van der Waals surface area contributed by atoms with Gasteiger partial charge in [-0.1, -0.05) is 29.8 Å². The second-order valence-corrected chi connectivity index (χ2v) is 16.3. The first-order valence-electron chi connectivity index (χ1n) is 17.9. The molecule has 0 unspecified atom stereocenters. The lowest BCUT2D eigenvalue weighted by atomic mass is 10.00. The lowest BCUT2D eigenvalue weighted by molar-refractivity contribution is -0.143. The number of para-hydroxylation sites is 1. The highest BCUT2D eigenvalue weighted by Gasteiger charge is 2.38. The quantitative estimate of drug-likeness (QED) is 0.451. The SMILES string of the molecule is Cc1cc(C[C@@H](OC(=O)N2CCC(N3CCc4ccccc4NC3=O)CC2)C(=O)N2CCN(C3CCN(S(C)(=O)=O)CC3)CC2)cc(C(F)(F)F)c1. The van der Waals surface area contributed by atoms with Crippen LogP contribution in [0.25, 0.3) is 0 Å². The second-order valence-electron chi connectivity index (χ2n) is 14.3. The van der Waals surface area contributed by atoms with Gasteiger partial charge < -0.3 is 24.8 Å². The fraction of sp³-hybridized carbons (Fsp3) is 0.583. The number of likely N-dealkylation sites (tertiary alicyclic amines) is 1. The van der Waals surface area contributed by atoms with Crippen LogP contribution in [-0.2, 0) is 38.6 Å². The first-order valence-corrected chi connectivity index (χ1v) is 19.8. The van der Waals surface area contributed by atoms with E-state index in [1.165, 1.54) is 15.5 Å². The molecule has 0 radical (unpaired) electrons. The third-order valence-corrected chi connectivity index (χ3v) is 12.0. The minimum Gasteiger partial charge on any atom is -0.436 e. The van der Waals surface area contributed by atoms with Gasteiger partial charge in [0.2, 0.25) is 10.0 Å². The smallest absolute Gasteiger partial charge is 0.416 e. The van der Waals surface area contributed by atoms with E-state index < -0.39 is 39.9 Å². The molecule has 4 amide bonds. The maximum Gasteiger partial charge on any atom is 0.416 e. The fourth-order valence-corrected chi connectivity index (χ4v) is 8.76. The van der Waals surface area contributed by atoms with Gasteiger partial charge in [0, 0.05) is 83.1 Å². The zero-order chi connectivity index (χ0) is 37.2. The van der Waals surface area contributed by atoms with Crippen LogP contribution in [0.3, 0.4) is 0 Å². The number of hydrogen-bond donors (Lipinski definition) is 1. The summed E-state index contributed by atoms with van der Waals surface area (Å²) in [5.41, 5.74) is 1.63. The predicted octanol–water partition coefficient (Wildman–Crippen LogP) is 4.18. The highest BCUT2D eigenvalue weighted by molar-refractivity contribution is 7.88. The Kier molecular flexibility index (Phi) is 11.4. The van der Waals surface area contributed by atoms with Crippen molar-refractivity contribution in [2.45, 2.75) is 69.8 Å². The molecule has 0 saturated carbocycles. The molecular weight excluding hydrogens is 701 g/mol. The Hall–Kier alpha value is -3.89. The van der Waals surface area contributed by atoms with Gasteiger partial charge in [-0.2, -0.15) is 13.2 Å². The molecule has 4 aliphatic rings. The van der Waals surface area contributed by atoms with Gasteiger partial charge in [0.15, 0.2) is 6.10 Å². The van der Waals surface area contributed by atoms with Crippen LogP contribution in [0.1, 0.15) is 47.9 Å². The number of piperazine rings is 1. The molecule has 0 spiro atoms. The van der Waals surface area contributed by atoms with Crippen LogP contribution in [0, 0.1) is 6.92 Å². The van der Waals surface area contributed by atoms with Crippen LogP contribution < -0.4 is 5.32 Å². The number of carbonyl (C=O) groups excluding carboxylic acids is 3. The van der Waals surface area contributed by atoms with E-state index in [1.54, 1.807) is 22.8 Å². The van der Waals surface area contributed by atoms with Crippen molar-refractivity contribution in [2.75, 3.05) is 70.5 Å². The lowest BCUT2D eigenvalue weighted by Crippen LogP contribution is -2.57. The number of sulfonamides is 1. The molecule has 0 aromatic heterocycles. The topological polar surface area (TPSA) is 123 Å². The van der Waals surface area contributed by atoms with E-state index in [-0.39, 0.29) is 30.1 Å². The monoisotopic (exact) mass is 748 g/mol. The number of ether oxygens (including phenoxy) is 1. The van der Waals surface area contributed by atoms with Gasteiger partial charge in [0.1, 0.15) is 0 Å². The molecule has 16 heteroatoms.